The van der Waals surface area contributed by atoms with Gasteiger partial charge in [-0.2, -0.15) is 0 Å². The number of para-hydroxylation sites is 1. The van der Waals surface area contributed by atoms with E-state index in [9.17, 15) is 4.79 Å². The van der Waals surface area contributed by atoms with Gasteiger partial charge in [0.1, 0.15) is 0 Å². The summed E-state index contributed by atoms with van der Waals surface area (Å²) in [7, 11) is 2.97. The number of amides is 1. The van der Waals surface area contributed by atoms with Crippen molar-refractivity contribution in [2.75, 3.05) is 19.5 Å². The summed E-state index contributed by atoms with van der Waals surface area (Å²) in [6.45, 7) is 0. The number of thiophene rings is 1. The molecule has 2 heterocycles. The maximum atomic E-state index is 12.4. The molecule has 0 saturated heterocycles. The van der Waals surface area contributed by atoms with Crippen LogP contribution in [0.25, 0.3) is 10.8 Å². The number of methoxy groups -OCH3 is 2. The number of carbonyl (C=O) groups excluding carboxylic acids is 1. The largest absolute Gasteiger partial charge is 0.493 e. The minimum absolute atomic E-state index is 0.0169. The zero-order valence-corrected chi connectivity index (χ0v) is 13.2. The average Bonchev–Trinajstić information content (AvgIpc) is 3.25. The topological polar surface area (TPSA) is 86.5 Å². The first-order chi connectivity index (χ1) is 11.2. The highest BCUT2D eigenvalue weighted by Crippen LogP contribution is 2.31. The molecule has 0 bridgehead atoms. The number of benzene rings is 1. The molecule has 23 heavy (non-hydrogen) atoms. The molecular weight excluding hydrogens is 318 g/mol. The highest BCUT2D eigenvalue weighted by atomic mass is 32.1. The van der Waals surface area contributed by atoms with E-state index >= 15 is 0 Å². The first-order valence-electron chi connectivity index (χ1n) is 6.62. The summed E-state index contributed by atoms with van der Waals surface area (Å²) in [6, 6.07) is 8.77. The number of hydrogen-bond acceptors (Lipinski definition) is 7. The Morgan fingerprint density at radius 2 is 2.04 bits per heavy atom. The predicted molar refractivity (Wildman–Crippen MR) is 85.1 cm³/mol. The van der Waals surface area contributed by atoms with E-state index in [-0.39, 0.29) is 6.01 Å². The van der Waals surface area contributed by atoms with Crippen molar-refractivity contribution in [2.24, 2.45) is 0 Å². The summed E-state index contributed by atoms with van der Waals surface area (Å²) in [4.78, 5) is 13.2. The van der Waals surface area contributed by atoms with Crippen LogP contribution in [0.5, 0.6) is 11.5 Å². The molecule has 0 aliphatic rings. The molecule has 8 heteroatoms. The lowest BCUT2D eigenvalue weighted by molar-refractivity contribution is 0.102. The minimum Gasteiger partial charge on any atom is -0.493 e. The van der Waals surface area contributed by atoms with Gasteiger partial charge in [0.25, 0.3) is 11.8 Å². The van der Waals surface area contributed by atoms with Gasteiger partial charge in [0.05, 0.1) is 24.7 Å². The number of ether oxygens (including phenoxy) is 2. The Bertz CT molecular complexity index is 814. The third-order valence-corrected chi connectivity index (χ3v) is 3.88. The maximum Gasteiger partial charge on any atom is 0.322 e. The van der Waals surface area contributed by atoms with Crippen LogP contribution in [0.1, 0.15) is 10.4 Å². The van der Waals surface area contributed by atoms with E-state index in [1.54, 1.807) is 18.2 Å². The lowest BCUT2D eigenvalue weighted by Gasteiger charge is -2.11. The molecule has 1 amide bonds. The molecule has 3 aromatic rings. The highest BCUT2D eigenvalue weighted by molar-refractivity contribution is 7.13. The van der Waals surface area contributed by atoms with Crippen molar-refractivity contribution in [3.05, 3.63) is 41.3 Å². The first kappa shape index (κ1) is 15.0. The van der Waals surface area contributed by atoms with E-state index < -0.39 is 5.91 Å². The van der Waals surface area contributed by atoms with E-state index in [0.29, 0.717) is 23.0 Å². The van der Waals surface area contributed by atoms with Crippen molar-refractivity contribution >= 4 is 23.3 Å². The predicted octanol–water partition coefficient (Wildman–Crippen LogP) is 3.07. The fraction of sp³-hybridized carbons (Fsp3) is 0.133. The monoisotopic (exact) mass is 331 g/mol. The molecule has 0 saturated carbocycles. The zero-order valence-electron chi connectivity index (χ0n) is 12.4. The van der Waals surface area contributed by atoms with Gasteiger partial charge >= 0.3 is 6.01 Å². The van der Waals surface area contributed by atoms with Crippen molar-refractivity contribution in [2.45, 2.75) is 0 Å². The fourth-order valence-corrected chi connectivity index (χ4v) is 2.65. The summed E-state index contributed by atoms with van der Waals surface area (Å²) < 4.78 is 15.8. The van der Waals surface area contributed by atoms with E-state index in [4.69, 9.17) is 13.9 Å². The molecule has 0 spiro atoms. The number of carbonyl (C=O) groups is 1. The van der Waals surface area contributed by atoms with Crippen LogP contribution in [0.15, 0.2) is 40.1 Å². The number of rotatable bonds is 5. The first-order valence-corrected chi connectivity index (χ1v) is 7.50. The molecule has 2 aromatic heterocycles. The third-order valence-electron chi connectivity index (χ3n) is 3.02. The average molecular weight is 331 g/mol. The molecule has 0 aliphatic heterocycles. The zero-order chi connectivity index (χ0) is 16.2. The number of aromatic nitrogens is 2. The number of nitrogens with one attached hydrogen (secondary N) is 1. The van der Waals surface area contributed by atoms with Crippen LogP contribution >= 0.6 is 11.3 Å². The standard InChI is InChI=1S/C15H13N3O4S/c1-20-10-6-3-5-9(12(10)21-2)13(19)16-15-18-17-14(22-15)11-7-4-8-23-11/h3-8H,1-2H3,(H,16,18,19). The summed E-state index contributed by atoms with van der Waals surface area (Å²) in [5.41, 5.74) is 0.308. The van der Waals surface area contributed by atoms with Crippen LogP contribution in [0.3, 0.4) is 0 Å². The maximum absolute atomic E-state index is 12.4. The van der Waals surface area contributed by atoms with Crippen LogP contribution in [0.2, 0.25) is 0 Å². The van der Waals surface area contributed by atoms with Crippen LogP contribution in [0, 0.1) is 0 Å². The van der Waals surface area contributed by atoms with Gasteiger partial charge < -0.3 is 13.9 Å². The Labute approximate surface area is 135 Å². The Morgan fingerprint density at radius 3 is 2.74 bits per heavy atom. The van der Waals surface area contributed by atoms with Crippen LogP contribution in [-0.2, 0) is 0 Å². The second kappa shape index (κ2) is 6.49. The fourth-order valence-electron chi connectivity index (χ4n) is 2.00. The van der Waals surface area contributed by atoms with Crippen LogP contribution in [-0.4, -0.2) is 30.3 Å². The molecule has 0 fully saturated rings. The Balaban J connectivity index is 1.83. The number of hydrogen-bond donors (Lipinski definition) is 1. The smallest absolute Gasteiger partial charge is 0.322 e. The summed E-state index contributed by atoms with van der Waals surface area (Å²) >= 11 is 1.47. The molecule has 7 nitrogen and oxygen atoms in total. The van der Waals surface area contributed by atoms with Gasteiger partial charge in [0.15, 0.2) is 11.5 Å². The Kier molecular flexibility index (Phi) is 4.24. The van der Waals surface area contributed by atoms with Crippen molar-refractivity contribution in [1.82, 2.24) is 10.2 Å². The molecule has 0 atom stereocenters. The second-order valence-electron chi connectivity index (χ2n) is 4.38. The van der Waals surface area contributed by atoms with Gasteiger partial charge in [-0.25, -0.2) is 0 Å². The minimum atomic E-state index is -0.429. The van der Waals surface area contributed by atoms with Crippen molar-refractivity contribution in [1.29, 1.82) is 0 Å². The summed E-state index contributed by atoms with van der Waals surface area (Å²) in [5, 5.41) is 12.2. The number of anilines is 1. The van der Waals surface area contributed by atoms with Crippen molar-refractivity contribution in [3.63, 3.8) is 0 Å². The second-order valence-corrected chi connectivity index (χ2v) is 5.33. The van der Waals surface area contributed by atoms with Crippen molar-refractivity contribution in [3.8, 4) is 22.3 Å². The van der Waals surface area contributed by atoms with E-state index in [0.717, 1.165) is 4.88 Å². The van der Waals surface area contributed by atoms with Gasteiger partial charge in [-0.15, -0.1) is 16.4 Å². The van der Waals surface area contributed by atoms with Gasteiger partial charge in [0, 0.05) is 0 Å². The Hall–Kier alpha value is -2.87. The lowest BCUT2D eigenvalue weighted by atomic mass is 10.1. The Morgan fingerprint density at radius 1 is 1.17 bits per heavy atom. The van der Waals surface area contributed by atoms with Gasteiger partial charge in [-0.1, -0.05) is 17.2 Å². The molecule has 0 unspecified atom stereocenters. The van der Waals surface area contributed by atoms with Crippen LogP contribution < -0.4 is 14.8 Å². The van der Waals surface area contributed by atoms with Gasteiger partial charge in [0.2, 0.25) is 0 Å². The SMILES string of the molecule is COc1cccc(C(=O)Nc2nnc(-c3cccs3)o2)c1OC. The van der Waals surface area contributed by atoms with E-state index in [1.165, 1.54) is 25.6 Å². The van der Waals surface area contributed by atoms with Gasteiger partial charge in [-0.05, 0) is 23.6 Å². The van der Waals surface area contributed by atoms with E-state index in [1.807, 2.05) is 17.5 Å². The quantitative estimate of drug-likeness (QED) is 0.773. The molecular formula is C15H13N3O4S. The third kappa shape index (κ3) is 3.02. The van der Waals surface area contributed by atoms with Crippen LogP contribution in [0.4, 0.5) is 6.01 Å². The molecule has 0 radical (unpaired) electrons. The summed E-state index contributed by atoms with van der Waals surface area (Å²) in [6.07, 6.45) is 0. The van der Waals surface area contributed by atoms with E-state index in [2.05, 4.69) is 15.5 Å². The van der Waals surface area contributed by atoms with Crippen molar-refractivity contribution < 1.29 is 18.7 Å². The molecule has 118 valence electrons. The lowest BCUT2D eigenvalue weighted by Crippen LogP contribution is -2.13. The molecule has 0 aliphatic carbocycles. The number of nitrogens with zero attached hydrogens (tertiary/aromatic N) is 2. The highest BCUT2D eigenvalue weighted by Gasteiger charge is 2.19. The van der Waals surface area contributed by atoms with Gasteiger partial charge in [-0.3, -0.25) is 10.1 Å². The normalized spacial score (nSPS) is 10.3. The summed E-state index contributed by atoms with van der Waals surface area (Å²) in [5.74, 6) is 0.727. The molecule has 3 rings (SSSR count). The molecule has 1 aromatic carbocycles. The molecule has 1 N–H and O–H groups in total.